The first-order chi connectivity index (χ1) is 9.62. The van der Waals surface area contributed by atoms with Crippen LogP contribution in [0.2, 0.25) is 0 Å². The third-order valence-electron chi connectivity index (χ3n) is 4.03. The van der Waals surface area contributed by atoms with Crippen LogP contribution in [0.25, 0.3) is 0 Å². The van der Waals surface area contributed by atoms with Crippen LogP contribution in [-0.4, -0.2) is 48.7 Å². The molecule has 0 atom stereocenters. The van der Waals surface area contributed by atoms with E-state index < -0.39 is 0 Å². The standard InChI is InChI=1S/C16H27N3O/c1-4-15-9-14(12-20)10-16(17-15)19-7-5-13(6-8-19)11-18(2)3/h9-10,13,20H,4-8,11-12H2,1-3H3. The van der Waals surface area contributed by atoms with E-state index in [1.807, 2.05) is 12.1 Å². The molecule has 2 heterocycles. The monoisotopic (exact) mass is 277 g/mol. The molecule has 1 fully saturated rings. The van der Waals surface area contributed by atoms with Crippen LogP contribution in [0, 0.1) is 5.92 Å². The third-order valence-corrected chi connectivity index (χ3v) is 4.03. The van der Waals surface area contributed by atoms with Crippen LogP contribution in [0.1, 0.15) is 31.0 Å². The molecule has 0 unspecified atom stereocenters. The summed E-state index contributed by atoms with van der Waals surface area (Å²) in [6, 6.07) is 4.04. The molecule has 20 heavy (non-hydrogen) atoms. The molecular formula is C16H27N3O. The number of aryl methyl sites for hydroxylation is 1. The Labute approximate surface area is 122 Å². The van der Waals surface area contributed by atoms with Crippen molar-refractivity contribution in [3.63, 3.8) is 0 Å². The fourth-order valence-corrected chi connectivity index (χ4v) is 2.93. The number of hydrogen-bond acceptors (Lipinski definition) is 4. The van der Waals surface area contributed by atoms with Gasteiger partial charge in [-0.3, -0.25) is 0 Å². The first-order valence-corrected chi connectivity index (χ1v) is 7.62. The van der Waals surface area contributed by atoms with Crippen LogP contribution in [0.4, 0.5) is 5.82 Å². The third kappa shape index (κ3) is 3.93. The van der Waals surface area contributed by atoms with Crippen LogP contribution >= 0.6 is 0 Å². The summed E-state index contributed by atoms with van der Waals surface area (Å²) in [4.78, 5) is 9.36. The lowest BCUT2D eigenvalue weighted by molar-refractivity contribution is 0.280. The van der Waals surface area contributed by atoms with Gasteiger partial charge in [0.05, 0.1) is 6.61 Å². The van der Waals surface area contributed by atoms with Gasteiger partial charge in [0.15, 0.2) is 0 Å². The van der Waals surface area contributed by atoms with Crippen LogP contribution < -0.4 is 4.90 Å². The lowest BCUT2D eigenvalue weighted by Gasteiger charge is -2.34. The van der Waals surface area contributed by atoms with Gasteiger partial charge >= 0.3 is 0 Å². The van der Waals surface area contributed by atoms with Crippen LogP contribution in [0.3, 0.4) is 0 Å². The Hall–Kier alpha value is -1.13. The maximum Gasteiger partial charge on any atom is 0.129 e. The summed E-state index contributed by atoms with van der Waals surface area (Å²) < 4.78 is 0. The largest absolute Gasteiger partial charge is 0.392 e. The number of anilines is 1. The van der Waals surface area contributed by atoms with E-state index >= 15 is 0 Å². The lowest BCUT2D eigenvalue weighted by Crippen LogP contribution is -2.37. The molecule has 0 aliphatic carbocycles. The number of aromatic nitrogens is 1. The van der Waals surface area contributed by atoms with Gasteiger partial charge in [0.25, 0.3) is 0 Å². The second-order valence-corrected chi connectivity index (χ2v) is 6.03. The van der Waals surface area contributed by atoms with Gasteiger partial charge in [-0.05, 0) is 57.0 Å². The average Bonchev–Trinajstić information content (AvgIpc) is 2.46. The van der Waals surface area contributed by atoms with Crippen molar-refractivity contribution >= 4 is 5.82 Å². The zero-order valence-electron chi connectivity index (χ0n) is 13.0. The Kier molecular flexibility index (Phi) is 5.38. The molecule has 1 aromatic rings. The Morgan fingerprint density at radius 3 is 2.55 bits per heavy atom. The summed E-state index contributed by atoms with van der Waals surface area (Å²) in [5.74, 6) is 1.84. The Balaban J connectivity index is 2.02. The van der Waals surface area contributed by atoms with Gasteiger partial charge in [0.1, 0.15) is 5.82 Å². The van der Waals surface area contributed by atoms with Gasteiger partial charge in [-0.1, -0.05) is 6.92 Å². The fraction of sp³-hybridized carbons (Fsp3) is 0.688. The molecule has 4 heteroatoms. The number of aliphatic hydroxyl groups is 1. The molecule has 2 rings (SSSR count). The molecule has 0 bridgehead atoms. The topological polar surface area (TPSA) is 39.6 Å². The first kappa shape index (κ1) is 15.3. The second kappa shape index (κ2) is 7.04. The Morgan fingerprint density at radius 2 is 2.00 bits per heavy atom. The molecule has 0 spiro atoms. The van der Waals surface area contributed by atoms with E-state index in [0.717, 1.165) is 42.5 Å². The zero-order valence-corrected chi connectivity index (χ0v) is 13.0. The molecule has 112 valence electrons. The maximum absolute atomic E-state index is 9.37. The van der Waals surface area contributed by atoms with Gasteiger partial charge < -0.3 is 14.9 Å². The van der Waals surface area contributed by atoms with Crippen molar-refractivity contribution in [1.29, 1.82) is 0 Å². The predicted molar refractivity (Wildman–Crippen MR) is 83.0 cm³/mol. The van der Waals surface area contributed by atoms with Crippen LogP contribution in [0.15, 0.2) is 12.1 Å². The van der Waals surface area contributed by atoms with Crippen molar-refractivity contribution in [3.8, 4) is 0 Å². The normalized spacial score (nSPS) is 16.9. The van der Waals surface area contributed by atoms with Gasteiger partial charge in [-0.25, -0.2) is 4.98 Å². The van der Waals surface area contributed by atoms with Crippen molar-refractivity contribution in [3.05, 3.63) is 23.4 Å². The first-order valence-electron chi connectivity index (χ1n) is 7.62. The molecule has 1 N–H and O–H groups in total. The molecule has 0 saturated carbocycles. The second-order valence-electron chi connectivity index (χ2n) is 6.03. The van der Waals surface area contributed by atoms with Gasteiger partial charge in [-0.15, -0.1) is 0 Å². The summed E-state index contributed by atoms with van der Waals surface area (Å²) in [6.07, 6.45) is 3.37. The minimum atomic E-state index is 0.0968. The average molecular weight is 277 g/mol. The lowest BCUT2D eigenvalue weighted by atomic mass is 9.96. The van der Waals surface area contributed by atoms with Crippen molar-refractivity contribution in [1.82, 2.24) is 9.88 Å². The predicted octanol–water partition coefficient (Wildman–Crippen LogP) is 1.91. The minimum Gasteiger partial charge on any atom is -0.392 e. The number of piperidine rings is 1. The summed E-state index contributed by atoms with van der Waals surface area (Å²) in [5.41, 5.74) is 2.05. The van der Waals surface area contributed by atoms with E-state index in [9.17, 15) is 5.11 Å². The van der Waals surface area contributed by atoms with E-state index in [-0.39, 0.29) is 6.61 Å². The summed E-state index contributed by atoms with van der Waals surface area (Å²) in [7, 11) is 4.29. The maximum atomic E-state index is 9.37. The molecule has 4 nitrogen and oxygen atoms in total. The number of hydrogen-bond donors (Lipinski definition) is 1. The molecule has 1 aromatic heterocycles. The molecule has 1 aliphatic rings. The van der Waals surface area contributed by atoms with Gasteiger partial charge in [0, 0.05) is 25.3 Å². The number of aliphatic hydroxyl groups excluding tert-OH is 1. The number of pyridine rings is 1. The highest BCUT2D eigenvalue weighted by atomic mass is 16.3. The highest BCUT2D eigenvalue weighted by Crippen LogP contribution is 2.23. The SMILES string of the molecule is CCc1cc(CO)cc(N2CCC(CN(C)C)CC2)n1. The Morgan fingerprint density at radius 1 is 1.30 bits per heavy atom. The molecule has 0 amide bonds. The molecule has 1 saturated heterocycles. The van der Waals surface area contributed by atoms with Crippen molar-refractivity contribution in [2.75, 3.05) is 38.6 Å². The highest BCUT2D eigenvalue weighted by molar-refractivity contribution is 5.43. The summed E-state index contributed by atoms with van der Waals surface area (Å²) >= 11 is 0. The summed E-state index contributed by atoms with van der Waals surface area (Å²) in [6.45, 7) is 5.53. The molecule has 0 aromatic carbocycles. The van der Waals surface area contributed by atoms with Gasteiger partial charge in [0.2, 0.25) is 0 Å². The summed E-state index contributed by atoms with van der Waals surface area (Å²) in [5, 5.41) is 9.37. The van der Waals surface area contributed by atoms with Crippen molar-refractivity contribution in [2.24, 2.45) is 5.92 Å². The smallest absolute Gasteiger partial charge is 0.129 e. The van der Waals surface area contributed by atoms with E-state index in [2.05, 4.69) is 30.8 Å². The zero-order chi connectivity index (χ0) is 14.5. The quantitative estimate of drug-likeness (QED) is 0.892. The van der Waals surface area contributed by atoms with Crippen molar-refractivity contribution < 1.29 is 5.11 Å². The molecule has 1 aliphatic heterocycles. The van der Waals surface area contributed by atoms with Gasteiger partial charge in [-0.2, -0.15) is 0 Å². The highest BCUT2D eigenvalue weighted by Gasteiger charge is 2.21. The Bertz CT molecular complexity index is 403. The van der Waals surface area contributed by atoms with Crippen molar-refractivity contribution in [2.45, 2.75) is 32.8 Å². The van der Waals surface area contributed by atoms with Crippen LogP contribution in [-0.2, 0) is 13.0 Å². The number of rotatable bonds is 5. The fourth-order valence-electron chi connectivity index (χ4n) is 2.93. The minimum absolute atomic E-state index is 0.0968. The molecular weight excluding hydrogens is 250 g/mol. The van der Waals surface area contributed by atoms with E-state index in [4.69, 9.17) is 4.98 Å². The van der Waals surface area contributed by atoms with E-state index in [0.29, 0.717) is 0 Å². The van der Waals surface area contributed by atoms with E-state index in [1.54, 1.807) is 0 Å². The number of nitrogens with zero attached hydrogens (tertiary/aromatic N) is 3. The van der Waals surface area contributed by atoms with Crippen LogP contribution in [0.5, 0.6) is 0 Å². The van der Waals surface area contributed by atoms with E-state index in [1.165, 1.54) is 19.4 Å². The molecule has 0 radical (unpaired) electrons.